The molecule has 3 N–H and O–H groups in total. The normalized spacial score (nSPS) is 11.5. The highest BCUT2D eigenvalue weighted by atomic mass is 19.4. The van der Waals surface area contributed by atoms with Gasteiger partial charge in [-0.05, 0) is 42.8 Å². The molecule has 0 fully saturated rings. The lowest BCUT2D eigenvalue weighted by Gasteiger charge is -2.14. The number of para-hydroxylation sites is 2. The topological polar surface area (TPSA) is 91.4 Å². The lowest BCUT2D eigenvalue weighted by atomic mass is 10.1. The summed E-state index contributed by atoms with van der Waals surface area (Å²) in [7, 11) is 1.52. The largest absolute Gasteiger partial charge is 0.493 e. The monoisotopic (exact) mass is 484 g/mol. The van der Waals surface area contributed by atoms with Gasteiger partial charge >= 0.3 is 6.18 Å². The number of carbonyl (C=O) groups excluding carboxylic acids is 1. The van der Waals surface area contributed by atoms with Crippen LogP contribution >= 0.6 is 0 Å². The second-order valence-electron chi connectivity index (χ2n) is 7.86. The van der Waals surface area contributed by atoms with Crippen LogP contribution in [0.25, 0.3) is 16.7 Å². The van der Waals surface area contributed by atoms with Crippen molar-refractivity contribution in [3.05, 3.63) is 72.1 Å². The highest BCUT2D eigenvalue weighted by molar-refractivity contribution is 5.95. The third-order valence-corrected chi connectivity index (χ3v) is 5.40. The highest BCUT2D eigenvalue weighted by Gasteiger charge is 2.26. The van der Waals surface area contributed by atoms with E-state index in [-0.39, 0.29) is 6.54 Å². The first-order valence-corrected chi connectivity index (χ1v) is 10.7. The molecular weight excluding hydrogens is 461 g/mol. The number of nitrogens with two attached hydrogens (primary N) is 1. The standard InChI is InChI=1S/C25H23F3N4O3/c1-15-11-16(7-8-18(15)24(29)33)32-14-31-23-19(30-10-9-25(26,27)28)12-17(13-20(23)32)35-22-6-4-3-5-21(22)34-2/h3-8,11-14,30H,9-10H2,1-2H3,(H2,29,33). The van der Waals surface area contributed by atoms with Crippen LogP contribution in [0.1, 0.15) is 22.3 Å². The SMILES string of the molecule is COc1ccccc1Oc1cc(NCCC(F)(F)F)c2ncn(-c3ccc(C(N)=O)c(C)c3)c2c1. The molecule has 7 nitrogen and oxygen atoms in total. The number of carbonyl (C=O) groups is 1. The summed E-state index contributed by atoms with van der Waals surface area (Å²) in [6.07, 6.45) is -3.73. The smallest absolute Gasteiger partial charge is 0.390 e. The number of anilines is 1. The number of aryl methyl sites for hydroxylation is 1. The van der Waals surface area contributed by atoms with Crippen molar-refractivity contribution in [2.75, 3.05) is 19.0 Å². The molecule has 1 amide bonds. The summed E-state index contributed by atoms with van der Waals surface area (Å²) >= 11 is 0. The quantitative estimate of drug-likeness (QED) is 0.340. The summed E-state index contributed by atoms with van der Waals surface area (Å²) < 4.78 is 51.4. The van der Waals surface area contributed by atoms with Gasteiger partial charge in [0, 0.05) is 29.9 Å². The van der Waals surface area contributed by atoms with E-state index in [0.717, 1.165) is 0 Å². The minimum Gasteiger partial charge on any atom is -0.493 e. The van der Waals surface area contributed by atoms with Crippen molar-refractivity contribution in [1.82, 2.24) is 9.55 Å². The predicted octanol–water partition coefficient (Wildman–Crippen LogP) is 5.60. The average Bonchev–Trinajstić information content (AvgIpc) is 3.22. The van der Waals surface area contributed by atoms with Gasteiger partial charge in [-0.25, -0.2) is 4.98 Å². The number of ether oxygens (including phenoxy) is 2. The Morgan fingerprint density at radius 3 is 2.51 bits per heavy atom. The molecule has 0 saturated heterocycles. The second kappa shape index (κ2) is 9.57. The number of nitrogens with one attached hydrogen (secondary N) is 1. The number of nitrogens with zero attached hydrogens (tertiary/aromatic N) is 2. The fraction of sp³-hybridized carbons (Fsp3) is 0.200. The van der Waals surface area contributed by atoms with Crippen molar-refractivity contribution in [2.24, 2.45) is 5.73 Å². The predicted molar refractivity (Wildman–Crippen MR) is 127 cm³/mol. The van der Waals surface area contributed by atoms with Crippen molar-refractivity contribution in [1.29, 1.82) is 0 Å². The fourth-order valence-electron chi connectivity index (χ4n) is 3.73. The van der Waals surface area contributed by atoms with Gasteiger partial charge in [0.05, 0.1) is 24.7 Å². The number of amides is 1. The van der Waals surface area contributed by atoms with Crippen LogP contribution in [-0.4, -0.2) is 35.3 Å². The van der Waals surface area contributed by atoms with Crippen LogP contribution in [0.4, 0.5) is 18.9 Å². The van der Waals surface area contributed by atoms with Crippen molar-refractivity contribution in [3.63, 3.8) is 0 Å². The maximum absolute atomic E-state index is 12.7. The summed E-state index contributed by atoms with van der Waals surface area (Å²) in [5, 5.41) is 2.83. The van der Waals surface area contributed by atoms with Crippen LogP contribution < -0.4 is 20.5 Å². The Labute approximate surface area is 199 Å². The molecular formula is C25H23F3N4O3. The zero-order valence-corrected chi connectivity index (χ0v) is 19.0. The summed E-state index contributed by atoms with van der Waals surface area (Å²) in [4.78, 5) is 16.0. The van der Waals surface area contributed by atoms with Gasteiger partial charge in [-0.1, -0.05) is 12.1 Å². The van der Waals surface area contributed by atoms with Gasteiger partial charge in [0.15, 0.2) is 11.5 Å². The van der Waals surface area contributed by atoms with Crippen LogP contribution in [0, 0.1) is 6.92 Å². The third-order valence-electron chi connectivity index (χ3n) is 5.40. The number of methoxy groups -OCH3 is 1. The van der Waals surface area contributed by atoms with Gasteiger partial charge in [-0.15, -0.1) is 0 Å². The van der Waals surface area contributed by atoms with E-state index in [1.807, 2.05) is 0 Å². The first-order chi connectivity index (χ1) is 16.7. The Bertz CT molecular complexity index is 1380. The minimum absolute atomic E-state index is 0.323. The van der Waals surface area contributed by atoms with Crippen molar-refractivity contribution < 1.29 is 27.4 Å². The van der Waals surface area contributed by atoms with E-state index in [0.29, 0.717) is 50.8 Å². The van der Waals surface area contributed by atoms with E-state index in [2.05, 4.69) is 10.3 Å². The first kappa shape index (κ1) is 23.9. The van der Waals surface area contributed by atoms with Crippen LogP contribution in [0.5, 0.6) is 17.2 Å². The molecule has 1 heterocycles. The van der Waals surface area contributed by atoms with Gasteiger partial charge in [-0.3, -0.25) is 9.36 Å². The molecule has 0 bridgehead atoms. The number of hydrogen-bond donors (Lipinski definition) is 2. The van der Waals surface area contributed by atoms with Crippen LogP contribution in [0.15, 0.2) is 60.9 Å². The lowest BCUT2D eigenvalue weighted by Crippen LogP contribution is -2.14. The Kier molecular flexibility index (Phi) is 6.54. The zero-order valence-electron chi connectivity index (χ0n) is 19.0. The van der Waals surface area contributed by atoms with Crippen LogP contribution in [0.2, 0.25) is 0 Å². The Morgan fingerprint density at radius 2 is 1.86 bits per heavy atom. The third kappa shape index (κ3) is 5.32. The van der Waals surface area contributed by atoms with E-state index in [4.69, 9.17) is 15.2 Å². The number of hydrogen-bond acceptors (Lipinski definition) is 5. The van der Waals surface area contributed by atoms with E-state index >= 15 is 0 Å². The molecule has 4 rings (SSSR count). The Balaban J connectivity index is 1.79. The highest BCUT2D eigenvalue weighted by Crippen LogP contribution is 2.36. The number of imidazole rings is 1. The molecule has 4 aromatic rings. The molecule has 0 aliphatic carbocycles. The Morgan fingerprint density at radius 1 is 1.11 bits per heavy atom. The number of rotatable bonds is 8. The van der Waals surface area contributed by atoms with Crippen LogP contribution in [-0.2, 0) is 0 Å². The maximum atomic E-state index is 12.7. The van der Waals surface area contributed by atoms with Crippen molar-refractivity contribution in [3.8, 4) is 22.9 Å². The number of alkyl halides is 3. The second-order valence-corrected chi connectivity index (χ2v) is 7.86. The molecule has 0 atom stereocenters. The summed E-state index contributed by atoms with van der Waals surface area (Å²) in [5.74, 6) is 0.797. The molecule has 0 aliphatic rings. The Hall–Kier alpha value is -4.21. The molecule has 35 heavy (non-hydrogen) atoms. The van der Waals surface area contributed by atoms with Crippen LogP contribution in [0.3, 0.4) is 0 Å². The first-order valence-electron chi connectivity index (χ1n) is 10.7. The number of benzene rings is 3. The zero-order chi connectivity index (χ0) is 25.2. The average molecular weight is 484 g/mol. The number of aromatic nitrogens is 2. The summed E-state index contributed by atoms with van der Waals surface area (Å²) in [6, 6.07) is 15.5. The summed E-state index contributed by atoms with van der Waals surface area (Å²) in [5.41, 5.74) is 8.65. The molecule has 0 aliphatic heterocycles. The molecule has 1 aromatic heterocycles. The molecule has 0 spiro atoms. The molecule has 0 radical (unpaired) electrons. The molecule has 3 aromatic carbocycles. The molecule has 182 valence electrons. The van der Waals surface area contributed by atoms with Gasteiger partial charge in [0.2, 0.25) is 5.91 Å². The van der Waals surface area contributed by atoms with Gasteiger partial charge in [0.1, 0.15) is 17.6 Å². The van der Waals surface area contributed by atoms with Crippen molar-refractivity contribution >= 4 is 22.6 Å². The van der Waals surface area contributed by atoms with E-state index < -0.39 is 18.5 Å². The van der Waals surface area contributed by atoms with Gasteiger partial charge in [-0.2, -0.15) is 13.2 Å². The number of primary amides is 1. The minimum atomic E-state index is -4.29. The van der Waals surface area contributed by atoms with E-state index in [1.54, 1.807) is 72.4 Å². The molecule has 10 heteroatoms. The van der Waals surface area contributed by atoms with Gasteiger partial charge in [0.25, 0.3) is 0 Å². The summed E-state index contributed by atoms with van der Waals surface area (Å²) in [6.45, 7) is 1.44. The number of halogens is 3. The molecule has 0 unspecified atom stereocenters. The van der Waals surface area contributed by atoms with E-state index in [1.165, 1.54) is 7.11 Å². The van der Waals surface area contributed by atoms with E-state index in [9.17, 15) is 18.0 Å². The van der Waals surface area contributed by atoms with Crippen molar-refractivity contribution in [2.45, 2.75) is 19.5 Å². The number of fused-ring (bicyclic) bond motifs is 1. The van der Waals surface area contributed by atoms with Gasteiger partial charge < -0.3 is 20.5 Å². The fourth-order valence-corrected chi connectivity index (χ4v) is 3.73. The lowest BCUT2D eigenvalue weighted by molar-refractivity contribution is -0.131. The maximum Gasteiger partial charge on any atom is 0.390 e. The molecule has 0 saturated carbocycles.